The van der Waals surface area contributed by atoms with Crippen LogP contribution in [0.4, 0.5) is 22.0 Å². The minimum Gasteiger partial charge on any atom is -0.377 e. The fourth-order valence-corrected chi connectivity index (χ4v) is 2.50. The zero-order valence-electron chi connectivity index (χ0n) is 13.3. The van der Waals surface area contributed by atoms with Crippen LogP contribution in [-0.2, 0) is 11.7 Å². The predicted octanol–water partition coefficient (Wildman–Crippen LogP) is 4.92. The van der Waals surface area contributed by atoms with Gasteiger partial charge in [-0.3, -0.25) is 0 Å². The van der Waals surface area contributed by atoms with Crippen molar-refractivity contribution >= 4 is 23.1 Å². The monoisotopic (exact) mass is 387 g/mol. The second-order valence-corrected chi connectivity index (χ2v) is 6.15. The summed E-state index contributed by atoms with van der Waals surface area (Å²) < 4.78 is 63.9. The number of rotatable bonds is 5. The summed E-state index contributed by atoms with van der Waals surface area (Å²) in [6.07, 6.45) is -4.61. The molecule has 2 aromatic carbocycles. The summed E-state index contributed by atoms with van der Waals surface area (Å²) in [5.74, 6) is -4.37. The Morgan fingerprint density at radius 2 is 1.69 bits per heavy atom. The van der Waals surface area contributed by atoms with Gasteiger partial charge in [0, 0.05) is 11.3 Å². The average molecular weight is 387 g/mol. The van der Waals surface area contributed by atoms with Crippen LogP contribution in [0.15, 0.2) is 64.8 Å². The van der Waals surface area contributed by atoms with E-state index in [4.69, 9.17) is 5.73 Å². The third-order valence-corrected chi connectivity index (χ3v) is 4.05. The molecule has 2 N–H and O–H groups in total. The second kappa shape index (κ2) is 8.31. The van der Waals surface area contributed by atoms with E-state index < -0.39 is 17.7 Å². The molecule has 0 bridgehead atoms. The maximum absolute atomic E-state index is 13.3. The fourth-order valence-electron chi connectivity index (χ4n) is 1.89. The molecule has 0 aliphatic heterocycles. The molecular weight excluding hydrogens is 373 g/mol. The number of benzene rings is 2. The van der Waals surface area contributed by atoms with Gasteiger partial charge in [-0.2, -0.15) is 27.1 Å². The summed E-state index contributed by atoms with van der Waals surface area (Å²) in [6, 6.07) is 13.3. The van der Waals surface area contributed by atoms with Gasteiger partial charge in [-0.05, 0) is 17.2 Å². The second-order valence-electron chi connectivity index (χ2n) is 5.15. The maximum atomic E-state index is 13.3. The average Bonchev–Trinajstić information content (AvgIpc) is 2.60. The van der Waals surface area contributed by atoms with Crippen molar-refractivity contribution in [3.8, 4) is 0 Å². The van der Waals surface area contributed by atoms with Crippen LogP contribution in [0.5, 0.6) is 0 Å². The van der Waals surface area contributed by atoms with Crippen molar-refractivity contribution in [2.75, 3.05) is 0 Å². The summed E-state index contributed by atoms with van der Waals surface area (Å²) in [7, 11) is 0. The molecule has 26 heavy (non-hydrogen) atoms. The number of nitrogens with two attached hydrogens (primary N) is 1. The molecule has 3 nitrogen and oxygen atoms in total. The summed E-state index contributed by atoms with van der Waals surface area (Å²) >= 11 is 1.22. The summed E-state index contributed by atoms with van der Waals surface area (Å²) in [6.45, 7) is 0. The number of amidine groups is 1. The Bertz CT molecular complexity index is 788. The molecule has 138 valence electrons. The van der Waals surface area contributed by atoms with Gasteiger partial charge in [-0.25, -0.2) is 0 Å². The molecule has 0 unspecified atom stereocenters. The van der Waals surface area contributed by atoms with Gasteiger partial charge in [0.2, 0.25) is 0 Å². The van der Waals surface area contributed by atoms with E-state index in [0.29, 0.717) is 17.9 Å². The molecule has 0 amide bonds. The zero-order valence-corrected chi connectivity index (χ0v) is 14.1. The maximum Gasteiger partial charge on any atom is 0.458 e. The van der Waals surface area contributed by atoms with E-state index in [2.05, 4.69) is 10.2 Å². The van der Waals surface area contributed by atoms with Crippen molar-refractivity contribution < 1.29 is 22.0 Å². The molecule has 0 atom stereocenters. The van der Waals surface area contributed by atoms with Crippen LogP contribution >= 0.6 is 11.8 Å². The zero-order chi connectivity index (χ0) is 19.2. The Kier molecular flexibility index (Phi) is 6.36. The molecule has 9 heteroatoms. The van der Waals surface area contributed by atoms with Crippen molar-refractivity contribution in [2.24, 2.45) is 15.9 Å². The van der Waals surface area contributed by atoms with Gasteiger partial charge < -0.3 is 5.73 Å². The molecule has 0 spiro atoms. The number of hydrogen-bond donors (Lipinski definition) is 1. The minimum absolute atomic E-state index is 0.0519. The molecule has 0 aliphatic carbocycles. The van der Waals surface area contributed by atoms with Crippen molar-refractivity contribution in [3.05, 3.63) is 71.3 Å². The SMILES string of the molecule is NC(=NN=Cc1cccc(C(F)(F)C(F)(F)F)c1)SCc1ccccc1. The van der Waals surface area contributed by atoms with E-state index in [1.807, 2.05) is 30.3 Å². The van der Waals surface area contributed by atoms with E-state index in [0.717, 1.165) is 17.8 Å². The quantitative estimate of drug-likeness (QED) is 0.343. The molecule has 0 aromatic heterocycles. The Morgan fingerprint density at radius 3 is 2.35 bits per heavy atom. The summed E-state index contributed by atoms with van der Waals surface area (Å²) in [4.78, 5) is 0. The summed E-state index contributed by atoms with van der Waals surface area (Å²) in [5, 5.41) is 7.46. The highest BCUT2D eigenvalue weighted by molar-refractivity contribution is 8.13. The standard InChI is InChI=1S/C17H14F5N3S/c18-16(19,17(20,21)22)14-8-4-7-13(9-14)10-24-25-15(23)26-11-12-5-2-1-3-6-12/h1-10H,11H2,(H2,23,25). The highest BCUT2D eigenvalue weighted by Gasteiger charge is 2.58. The van der Waals surface area contributed by atoms with E-state index in [1.165, 1.54) is 17.8 Å². The van der Waals surface area contributed by atoms with Crippen LogP contribution in [0.25, 0.3) is 0 Å². The van der Waals surface area contributed by atoms with E-state index in [1.54, 1.807) is 0 Å². The largest absolute Gasteiger partial charge is 0.458 e. The molecule has 0 heterocycles. The van der Waals surface area contributed by atoms with Gasteiger partial charge >= 0.3 is 12.1 Å². The molecular formula is C17H14F5N3S. The van der Waals surface area contributed by atoms with Crippen molar-refractivity contribution in [3.63, 3.8) is 0 Å². The first kappa shape index (κ1) is 19.9. The number of halogens is 5. The van der Waals surface area contributed by atoms with Gasteiger partial charge in [-0.15, -0.1) is 5.10 Å². The van der Waals surface area contributed by atoms with Crippen molar-refractivity contribution in [1.82, 2.24) is 0 Å². The van der Waals surface area contributed by atoms with Crippen LogP contribution in [0, 0.1) is 0 Å². The van der Waals surface area contributed by atoms with Gasteiger partial charge in [0.15, 0.2) is 5.17 Å². The van der Waals surface area contributed by atoms with Crippen LogP contribution in [0.1, 0.15) is 16.7 Å². The first-order valence-corrected chi connectivity index (χ1v) is 8.27. The lowest BCUT2D eigenvalue weighted by molar-refractivity contribution is -0.289. The molecule has 2 rings (SSSR count). The smallest absolute Gasteiger partial charge is 0.377 e. The third kappa shape index (κ3) is 5.29. The van der Waals surface area contributed by atoms with Gasteiger partial charge in [0.05, 0.1) is 6.21 Å². The highest BCUT2D eigenvalue weighted by Crippen LogP contribution is 2.43. The lowest BCUT2D eigenvalue weighted by atomic mass is 10.1. The van der Waals surface area contributed by atoms with Crippen LogP contribution in [0.2, 0.25) is 0 Å². The topological polar surface area (TPSA) is 50.7 Å². The highest BCUT2D eigenvalue weighted by atomic mass is 32.2. The number of alkyl halides is 5. The van der Waals surface area contributed by atoms with Gasteiger partial charge in [0.1, 0.15) is 0 Å². The van der Waals surface area contributed by atoms with E-state index in [-0.39, 0.29) is 10.7 Å². The predicted molar refractivity (Wildman–Crippen MR) is 93.3 cm³/mol. The van der Waals surface area contributed by atoms with Gasteiger partial charge in [0.25, 0.3) is 0 Å². The third-order valence-electron chi connectivity index (χ3n) is 3.20. The van der Waals surface area contributed by atoms with Crippen LogP contribution in [0.3, 0.4) is 0 Å². The number of hydrogen-bond acceptors (Lipinski definition) is 3. The van der Waals surface area contributed by atoms with E-state index >= 15 is 0 Å². The number of thioether (sulfide) groups is 1. The van der Waals surface area contributed by atoms with Gasteiger partial charge in [-0.1, -0.05) is 60.3 Å². The van der Waals surface area contributed by atoms with E-state index in [9.17, 15) is 22.0 Å². The molecule has 0 aliphatic rings. The molecule has 0 saturated heterocycles. The Labute approximate surface area is 150 Å². The number of nitrogens with zero attached hydrogens (tertiary/aromatic N) is 2. The first-order chi connectivity index (χ1) is 12.2. The molecule has 0 saturated carbocycles. The first-order valence-electron chi connectivity index (χ1n) is 7.28. The minimum atomic E-state index is -5.67. The lowest BCUT2D eigenvalue weighted by Crippen LogP contribution is -2.33. The van der Waals surface area contributed by atoms with Crippen molar-refractivity contribution in [2.45, 2.75) is 17.9 Å². The lowest BCUT2D eigenvalue weighted by Gasteiger charge is -2.19. The Hall–Kier alpha value is -2.42. The van der Waals surface area contributed by atoms with Crippen LogP contribution in [-0.4, -0.2) is 17.6 Å². The Morgan fingerprint density at radius 1 is 1.00 bits per heavy atom. The fraction of sp³-hybridized carbons (Fsp3) is 0.176. The Balaban J connectivity index is 2.03. The summed E-state index contributed by atoms with van der Waals surface area (Å²) in [5.41, 5.74) is 5.59. The molecule has 0 fully saturated rings. The molecule has 0 radical (unpaired) electrons. The van der Waals surface area contributed by atoms with Crippen LogP contribution < -0.4 is 5.73 Å². The van der Waals surface area contributed by atoms with Crippen molar-refractivity contribution in [1.29, 1.82) is 0 Å². The normalized spacial score (nSPS) is 13.3. The molecule has 2 aromatic rings.